The molecular formula is C27H23I2NO6. The number of hydrogen-bond acceptors (Lipinski definition) is 6. The SMILES string of the molecule is NC(=O)CCCc1oc2cc(OCCc3ccccc3)c(O)cc2c1C(=O)c1cc(I)c(O)c(I)c1. The van der Waals surface area contributed by atoms with Crippen molar-refractivity contribution < 1.29 is 29.0 Å². The lowest BCUT2D eigenvalue weighted by Crippen LogP contribution is -2.11. The number of ketones is 1. The minimum atomic E-state index is -0.437. The molecule has 3 aromatic carbocycles. The number of nitrogens with two attached hydrogens (primary N) is 1. The Morgan fingerprint density at radius 2 is 1.67 bits per heavy atom. The number of primary amides is 1. The number of rotatable bonds is 10. The number of carbonyl (C=O) groups is 2. The van der Waals surface area contributed by atoms with Crippen LogP contribution < -0.4 is 10.5 Å². The van der Waals surface area contributed by atoms with Gasteiger partial charge in [0.15, 0.2) is 17.3 Å². The number of aromatic hydroxyl groups is 2. The third kappa shape index (κ3) is 5.94. The molecule has 4 aromatic rings. The zero-order valence-corrected chi connectivity index (χ0v) is 23.4. The van der Waals surface area contributed by atoms with Crippen molar-refractivity contribution in [2.45, 2.75) is 25.7 Å². The molecule has 36 heavy (non-hydrogen) atoms. The Bertz CT molecular complexity index is 1410. The van der Waals surface area contributed by atoms with Crippen molar-refractivity contribution in [2.75, 3.05) is 6.61 Å². The summed E-state index contributed by atoms with van der Waals surface area (Å²) in [5.41, 5.74) is 7.47. The first-order valence-corrected chi connectivity index (χ1v) is 13.4. The largest absolute Gasteiger partial charge is 0.506 e. The average Bonchev–Trinajstić information content (AvgIpc) is 3.19. The van der Waals surface area contributed by atoms with E-state index in [-0.39, 0.29) is 29.5 Å². The van der Waals surface area contributed by atoms with E-state index >= 15 is 0 Å². The van der Waals surface area contributed by atoms with E-state index in [2.05, 4.69) is 0 Å². The molecule has 0 bridgehead atoms. The molecule has 186 valence electrons. The van der Waals surface area contributed by atoms with Gasteiger partial charge in [0.05, 0.1) is 19.3 Å². The first kappa shape index (κ1) is 26.3. The van der Waals surface area contributed by atoms with Gasteiger partial charge in [-0.25, -0.2) is 0 Å². The normalized spacial score (nSPS) is 11.1. The topological polar surface area (TPSA) is 123 Å². The summed E-state index contributed by atoms with van der Waals surface area (Å²) in [6.45, 7) is 0.353. The van der Waals surface area contributed by atoms with Crippen molar-refractivity contribution in [3.63, 3.8) is 0 Å². The summed E-state index contributed by atoms with van der Waals surface area (Å²) >= 11 is 3.94. The van der Waals surface area contributed by atoms with Crippen LogP contribution in [0.15, 0.2) is 59.0 Å². The summed E-state index contributed by atoms with van der Waals surface area (Å²) in [6.07, 6.45) is 1.54. The van der Waals surface area contributed by atoms with Crippen molar-refractivity contribution in [3.05, 3.63) is 84.2 Å². The maximum absolute atomic E-state index is 13.6. The first-order valence-electron chi connectivity index (χ1n) is 11.2. The van der Waals surface area contributed by atoms with E-state index in [1.54, 1.807) is 18.2 Å². The van der Waals surface area contributed by atoms with Crippen molar-refractivity contribution in [3.8, 4) is 17.2 Å². The van der Waals surface area contributed by atoms with E-state index in [4.69, 9.17) is 14.9 Å². The molecule has 4 N–H and O–H groups in total. The van der Waals surface area contributed by atoms with Gasteiger partial charge in [0.2, 0.25) is 5.91 Å². The van der Waals surface area contributed by atoms with Gasteiger partial charge in [-0.05, 0) is 75.4 Å². The third-order valence-corrected chi connectivity index (χ3v) is 7.31. The lowest BCUT2D eigenvalue weighted by atomic mass is 9.98. The van der Waals surface area contributed by atoms with Gasteiger partial charge < -0.3 is 25.1 Å². The third-order valence-electron chi connectivity index (χ3n) is 5.67. The number of phenolic OH excluding ortho intramolecular Hbond substituents is 2. The zero-order valence-electron chi connectivity index (χ0n) is 19.1. The fraction of sp³-hybridized carbons (Fsp3) is 0.185. The van der Waals surface area contributed by atoms with E-state index in [0.717, 1.165) is 5.56 Å². The second kappa shape index (κ2) is 11.5. The predicted molar refractivity (Wildman–Crippen MR) is 153 cm³/mol. The summed E-state index contributed by atoms with van der Waals surface area (Å²) in [5.74, 6) is -0.0895. The van der Waals surface area contributed by atoms with Crippen LogP contribution in [0.4, 0.5) is 0 Å². The van der Waals surface area contributed by atoms with Gasteiger partial charge in [0.25, 0.3) is 0 Å². The molecule has 0 atom stereocenters. The van der Waals surface area contributed by atoms with Crippen molar-refractivity contribution in [1.82, 2.24) is 0 Å². The molecule has 9 heteroatoms. The number of phenols is 2. The van der Waals surface area contributed by atoms with E-state index in [9.17, 15) is 19.8 Å². The van der Waals surface area contributed by atoms with Crippen LogP contribution in [0.25, 0.3) is 11.0 Å². The molecule has 0 aliphatic carbocycles. The fourth-order valence-corrected chi connectivity index (χ4v) is 5.66. The lowest BCUT2D eigenvalue weighted by Gasteiger charge is -2.09. The Hall–Kier alpha value is -2.80. The van der Waals surface area contributed by atoms with Gasteiger partial charge in [-0.2, -0.15) is 0 Å². The number of ether oxygens (including phenoxy) is 1. The van der Waals surface area contributed by atoms with Crippen LogP contribution >= 0.6 is 45.2 Å². The Kier molecular flexibility index (Phi) is 8.39. The van der Waals surface area contributed by atoms with Gasteiger partial charge in [-0.3, -0.25) is 9.59 Å². The zero-order chi connectivity index (χ0) is 25.8. The molecule has 0 radical (unpaired) electrons. The molecular weight excluding hydrogens is 688 g/mol. The lowest BCUT2D eigenvalue weighted by molar-refractivity contribution is -0.118. The molecule has 0 saturated carbocycles. The van der Waals surface area contributed by atoms with Gasteiger partial charge in [0.1, 0.15) is 17.1 Å². The van der Waals surface area contributed by atoms with Crippen molar-refractivity contribution in [2.24, 2.45) is 5.73 Å². The summed E-state index contributed by atoms with van der Waals surface area (Å²) < 4.78 is 13.0. The Morgan fingerprint density at radius 1 is 0.972 bits per heavy atom. The van der Waals surface area contributed by atoms with E-state index < -0.39 is 5.91 Å². The summed E-state index contributed by atoms with van der Waals surface area (Å²) in [6, 6.07) is 16.1. The maximum atomic E-state index is 13.6. The number of benzene rings is 3. The molecule has 0 aliphatic heterocycles. The van der Waals surface area contributed by atoms with Crippen LogP contribution in [0.1, 0.15) is 40.1 Å². The predicted octanol–water partition coefficient (Wildman–Crippen LogP) is 5.71. The molecule has 0 aliphatic rings. The number of furan rings is 1. The van der Waals surface area contributed by atoms with Gasteiger partial charge in [-0.1, -0.05) is 30.3 Å². The summed E-state index contributed by atoms with van der Waals surface area (Å²) in [4.78, 5) is 24.9. The van der Waals surface area contributed by atoms with Crippen LogP contribution in [-0.2, 0) is 17.6 Å². The second-order valence-corrected chi connectivity index (χ2v) is 10.6. The highest BCUT2D eigenvalue weighted by molar-refractivity contribution is 14.1. The standard InChI is InChI=1S/C27H23I2NO6/c28-18-11-16(12-19(29)27(18)34)26(33)25-17-13-20(31)23(35-10-9-15-5-2-1-3-6-15)14-22(17)36-21(25)7-4-8-24(30)32/h1-3,5-6,11-14,31,34H,4,7-10H2,(H2,30,32). The molecule has 0 unspecified atom stereocenters. The highest BCUT2D eigenvalue weighted by Gasteiger charge is 2.25. The van der Waals surface area contributed by atoms with Crippen molar-refractivity contribution in [1.29, 1.82) is 0 Å². The quantitative estimate of drug-likeness (QED) is 0.143. The molecule has 0 saturated heterocycles. The molecule has 1 heterocycles. The van der Waals surface area contributed by atoms with Crippen LogP contribution in [0, 0.1) is 7.14 Å². The van der Waals surface area contributed by atoms with Crippen molar-refractivity contribution >= 4 is 67.8 Å². The average molecular weight is 711 g/mol. The highest BCUT2D eigenvalue weighted by atomic mass is 127. The van der Waals surface area contributed by atoms with Crippen LogP contribution in [0.2, 0.25) is 0 Å². The number of carbonyl (C=O) groups excluding carboxylic acids is 2. The van der Waals surface area contributed by atoms with E-state index in [1.165, 1.54) is 6.07 Å². The molecule has 0 fully saturated rings. The van der Waals surface area contributed by atoms with Crippen LogP contribution in [-0.4, -0.2) is 28.5 Å². The Balaban J connectivity index is 1.69. The van der Waals surface area contributed by atoms with Gasteiger partial charge >= 0.3 is 0 Å². The first-order chi connectivity index (χ1) is 17.2. The van der Waals surface area contributed by atoms with Gasteiger partial charge in [-0.15, -0.1) is 0 Å². The number of amides is 1. The number of fused-ring (bicyclic) bond motifs is 1. The molecule has 1 amide bonds. The smallest absolute Gasteiger partial charge is 0.217 e. The highest BCUT2D eigenvalue weighted by Crippen LogP contribution is 2.38. The summed E-state index contributed by atoms with van der Waals surface area (Å²) in [5, 5.41) is 21.2. The van der Waals surface area contributed by atoms with Crippen LogP contribution in [0.3, 0.4) is 0 Å². The molecule has 0 spiro atoms. The monoisotopic (exact) mass is 711 g/mol. The van der Waals surface area contributed by atoms with Gasteiger partial charge in [0, 0.05) is 36.3 Å². The number of hydrogen-bond donors (Lipinski definition) is 3. The minimum absolute atomic E-state index is 0.107. The Labute approximate surface area is 234 Å². The number of aryl methyl sites for hydroxylation is 1. The second-order valence-electron chi connectivity index (χ2n) is 8.24. The number of halogens is 2. The molecule has 1 aromatic heterocycles. The maximum Gasteiger partial charge on any atom is 0.217 e. The van der Waals surface area contributed by atoms with E-state index in [0.29, 0.717) is 60.9 Å². The van der Waals surface area contributed by atoms with Crippen LogP contribution in [0.5, 0.6) is 17.2 Å². The fourth-order valence-electron chi connectivity index (χ4n) is 3.89. The Morgan fingerprint density at radius 3 is 2.33 bits per heavy atom. The summed E-state index contributed by atoms with van der Waals surface area (Å²) in [7, 11) is 0. The molecule has 4 rings (SSSR count). The molecule has 7 nitrogen and oxygen atoms in total. The van der Waals surface area contributed by atoms with E-state index in [1.807, 2.05) is 75.5 Å². The minimum Gasteiger partial charge on any atom is -0.506 e.